The van der Waals surface area contributed by atoms with Crippen molar-refractivity contribution in [2.24, 2.45) is 0 Å². The first-order valence-corrected chi connectivity index (χ1v) is 19.7. The molecule has 2 heterocycles. The molecular weight excluding hydrogens is 635 g/mol. The van der Waals surface area contributed by atoms with Crippen LogP contribution >= 0.6 is 0 Å². The van der Waals surface area contributed by atoms with E-state index in [-0.39, 0.29) is 18.5 Å². The first-order chi connectivity index (χ1) is 23.5. The van der Waals surface area contributed by atoms with Crippen molar-refractivity contribution in [2.45, 2.75) is 102 Å². The van der Waals surface area contributed by atoms with Crippen LogP contribution in [0.5, 0.6) is 5.75 Å². The van der Waals surface area contributed by atoms with Gasteiger partial charge in [0.05, 0.1) is 18.1 Å². The number of benzene rings is 4. The minimum Gasteiger partial charge on any atom is -0.542 e. The van der Waals surface area contributed by atoms with Gasteiger partial charge in [0.1, 0.15) is 23.5 Å². The van der Waals surface area contributed by atoms with Crippen molar-refractivity contribution in [3.8, 4) is 5.75 Å². The van der Waals surface area contributed by atoms with Crippen molar-refractivity contribution in [3.05, 3.63) is 137 Å². The Hall–Kier alpha value is -4.01. The zero-order chi connectivity index (χ0) is 34.9. The molecule has 0 bridgehead atoms. The Kier molecular flexibility index (Phi) is 10.3. The number of ether oxygens (including phenoxy) is 1. The van der Waals surface area contributed by atoms with Crippen molar-refractivity contribution in [3.63, 3.8) is 0 Å². The van der Waals surface area contributed by atoms with Gasteiger partial charge in [-0.25, -0.2) is 13.6 Å². The maximum Gasteiger partial charge on any atom is 0.407 e. The highest BCUT2D eigenvalue weighted by molar-refractivity contribution is 6.78. The van der Waals surface area contributed by atoms with Gasteiger partial charge in [0.25, 0.3) is 8.32 Å². The predicted octanol–water partition coefficient (Wildman–Crippen LogP) is 9.76. The molecule has 4 aromatic rings. The van der Waals surface area contributed by atoms with Gasteiger partial charge in [-0.1, -0.05) is 114 Å². The Morgan fingerprint density at radius 3 is 1.94 bits per heavy atom. The summed E-state index contributed by atoms with van der Waals surface area (Å²) in [6.45, 7) is 14.4. The van der Waals surface area contributed by atoms with E-state index in [2.05, 4.69) is 118 Å². The van der Waals surface area contributed by atoms with E-state index in [1.54, 1.807) is 0 Å². The number of carbonyl (C=O) groups excluding carboxylic acids is 1. The summed E-state index contributed by atoms with van der Waals surface area (Å²) in [5.41, 5.74) is 6.27. The molecule has 0 spiro atoms. The second kappa shape index (κ2) is 14.5. The Labute approximate surface area is 290 Å². The van der Waals surface area contributed by atoms with Gasteiger partial charge in [-0.15, -0.1) is 0 Å². The van der Waals surface area contributed by atoms with E-state index in [1.165, 1.54) is 12.1 Å². The van der Waals surface area contributed by atoms with E-state index in [1.807, 2.05) is 12.1 Å². The topological polar surface area (TPSA) is 50.8 Å². The van der Waals surface area contributed by atoms with Gasteiger partial charge in [-0.2, -0.15) is 0 Å². The van der Waals surface area contributed by atoms with E-state index in [0.717, 1.165) is 34.1 Å². The molecule has 3 atom stereocenters. The number of carbonyl (C=O) groups is 1. The van der Waals surface area contributed by atoms with E-state index in [0.29, 0.717) is 35.2 Å². The van der Waals surface area contributed by atoms with Gasteiger partial charge in [-0.3, -0.25) is 4.90 Å². The fourth-order valence-corrected chi connectivity index (χ4v) is 13.9. The second-order valence-electron chi connectivity index (χ2n) is 14.6. The summed E-state index contributed by atoms with van der Waals surface area (Å²) >= 11 is 0. The Balaban J connectivity index is 1.48. The molecule has 2 aliphatic rings. The molecular formula is C41H48F2N2O3Si. The summed E-state index contributed by atoms with van der Waals surface area (Å²) in [6, 6.07) is 29.8. The molecule has 1 amide bonds. The highest BCUT2D eigenvalue weighted by Crippen LogP contribution is 2.46. The lowest BCUT2D eigenvalue weighted by molar-refractivity contribution is 0.0185. The van der Waals surface area contributed by atoms with Gasteiger partial charge >= 0.3 is 6.09 Å². The monoisotopic (exact) mass is 682 g/mol. The van der Waals surface area contributed by atoms with Crippen molar-refractivity contribution >= 4 is 14.4 Å². The largest absolute Gasteiger partial charge is 0.542 e. The molecule has 1 N–H and O–H groups in total. The Bertz CT molecular complexity index is 1670. The molecule has 0 radical (unpaired) electrons. The fourth-order valence-electron chi connectivity index (χ4n) is 8.67. The van der Waals surface area contributed by atoms with E-state index in [9.17, 15) is 13.6 Å². The quantitative estimate of drug-likeness (QED) is 0.160. The number of halogens is 2. The summed E-state index contributed by atoms with van der Waals surface area (Å²) < 4.78 is 42.0. The van der Waals surface area contributed by atoms with Crippen LogP contribution in [0.4, 0.5) is 13.6 Å². The number of fused-ring (bicyclic) bond motifs is 1. The average molecular weight is 683 g/mol. The highest BCUT2D eigenvalue weighted by Gasteiger charge is 2.49. The first kappa shape index (κ1) is 34.8. The molecule has 0 unspecified atom stereocenters. The zero-order valence-electron chi connectivity index (χ0n) is 29.3. The SMILES string of the molecule is CC(C)[Si](Oc1cccc2c1CN(C(c1ccccc1)c1ccccc1)[C@@H]([C@H]1OC(=O)N[C@H]1Cc1cc(F)cc(F)c1)C2)(C(C)C)C(C)C. The summed E-state index contributed by atoms with van der Waals surface area (Å²) in [5, 5.41) is 2.98. The summed E-state index contributed by atoms with van der Waals surface area (Å²) in [5.74, 6) is -0.346. The molecule has 1 fully saturated rings. The van der Waals surface area contributed by atoms with Gasteiger partial charge < -0.3 is 14.5 Å². The van der Waals surface area contributed by atoms with Crippen LogP contribution < -0.4 is 9.74 Å². The van der Waals surface area contributed by atoms with E-state index in [4.69, 9.17) is 9.16 Å². The third kappa shape index (κ3) is 7.04. The summed E-state index contributed by atoms with van der Waals surface area (Å²) in [4.78, 5) is 15.4. The molecule has 49 heavy (non-hydrogen) atoms. The van der Waals surface area contributed by atoms with Gasteiger partial charge in [0, 0.05) is 18.2 Å². The number of hydrogen-bond acceptors (Lipinski definition) is 4. The fraction of sp³-hybridized carbons (Fsp3) is 0.390. The molecule has 4 aromatic carbocycles. The lowest BCUT2D eigenvalue weighted by Crippen LogP contribution is -2.54. The zero-order valence-corrected chi connectivity index (χ0v) is 30.3. The summed E-state index contributed by atoms with van der Waals surface area (Å²) in [7, 11) is -2.28. The van der Waals surface area contributed by atoms with Crippen molar-refractivity contribution in [1.29, 1.82) is 0 Å². The molecule has 5 nitrogen and oxygen atoms in total. The number of cyclic esters (lactones) is 1. The van der Waals surface area contributed by atoms with E-state index < -0.39 is 38.2 Å². The van der Waals surface area contributed by atoms with Crippen LogP contribution in [0.2, 0.25) is 16.6 Å². The molecule has 0 saturated carbocycles. The number of alkyl carbamates (subject to hydrolysis) is 1. The number of rotatable bonds is 11. The molecule has 6 rings (SSSR count). The number of hydrogen-bond donors (Lipinski definition) is 1. The van der Waals surface area contributed by atoms with E-state index >= 15 is 0 Å². The van der Waals surface area contributed by atoms with Crippen molar-refractivity contribution in [1.82, 2.24) is 10.2 Å². The van der Waals surface area contributed by atoms with Crippen LogP contribution in [0.1, 0.15) is 75.4 Å². The summed E-state index contributed by atoms with van der Waals surface area (Å²) in [6.07, 6.45) is -0.261. The molecule has 1 saturated heterocycles. The second-order valence-corrected chi connectivity index (χ2v) is 20.0. The van der Waals surface area contributed by atoms with Gasteiger partial charge in [0.2, 0.25) is 0 Å². The van der Waals surface area contributed by atoms with Gasteiger partial charge in [0.15, 0.2) is 0 Å². The molecule has 8 heteroatoms. The normalized spacial score (nSPS) is 19.8. The molecule has 2 aliphatic heterocycles. The third-order valence-corrected chi connectivity index (χ3v) is 16.7. The standard InChI is InChI=1S/C41H48F2N2O3Si/c1-26(2)49(27(3)4,28(5)6)48-38-19-13-18-32-23-37(40-36(44-41(46)47-40)22-29-20-33(42)24-34(43)21-29)45(25-35(32)38)39(30-14-9-7-10-15-30)31-16-11-8-12-17-31/h7-21,24,26-28,36-37,39-40H,22-23,25H2,1-6H3,(H,44,46)/t36-,37+,40-/m0/s1. The third-order valence-electron chi connectivity index (χ3n) is 10.7. The highest BCUT2D eigenvalue weighted by atomic mass is 28.4. The lowest BCUT2D eigenvalue weighted by atomic mass is 9.83. The smallest absolute Gasteiger partial charge is 0.407 e. The van der Waals surface area contributed by atoms with Crippen LogP contribution in [-0.4, -0.2) is 37.5 Å². The lowest BCUT2D eigenvalue weighted by Gasteiger charge is -2.47. The maximum absolute atomic E-state index is 14.3. The average Bonchev–Trinajstić information content (AvgIpc) is 3.42. The minimum absolute atomic E-state index is 0.164. The molecule has 0 aromatic heterocycles. The molecule has 258 valence electrons. The molecule has 0 aliphatic carbocycles. The van der Waals surface area contributed by atoms with Crippen LogP contribution in [0.3, 0.4) is 0 Å². The Morgan fingerprint density at radius 2 is 1.39 bits per heavy atom. The van der Waals surface area contributed by atoms with Crippen LogP contribution in [0.15, 0.2) is 97.1 Å². The van der Waals surface area contributed by atoms with Crippen molar-refractivity contribution < 1.29 is 22.7 Å². The number of nitrogens with one attached hydrogen (secondary N) is 1. The van der Waals surface area contributed by atoms with Crippen LogP contribution in [0, 0.1) is 11.6 Å². The minimum atomic E-state index is -2.28. The van der Waals surface area contributed by atoms with Crippen LogP contribution in [-0.2, 0) is 24.1 Å². The van der Waals surface area contributed by atoms with Crippen LogP contribution in [0.25, 0.3) is 0 Å². The Morgan fingerprint density at radius 1 is 0.816 bits per heavy atom. The first-order valence-electron chi connectivity index (χ1n) is 17.6. The number of amides is 1. The van der Waals surface area contributed by atoms with Gasteiger partial charge in [-0.05, 0) is 69.9 Å². The predicted molar refractivity (Wildman–Crippen MR) is 193 cm³/mol. The van der Waals surface area contributed by atoms with Crippen molar-refractivity contribution in [2.75, 3.05) is 0 Å². The maximum atomic E-state index is 14.3. The number of nitrogens with zero attached hydrogens (tertiary/aromatic N) is 1.